The van der Waals surface area contributed by atoms with Crippen molar-refractivity contribution in [2.24, 2.45) is 0 Å². The second-order valence-corrected chi connectivity index (χ2v) is 7.41. The van der Waals surface area contributed by atoms with Crippen LogP contribution in [-0.4, -0.2) is 36.8 Å². The zero-order chi connectivity index (χ0) is 16.3. The van der Waals surface area contributed by atoms with Crippen molar-refractivity contribution in [3.8, 4) is 0 Å². The third kappa shape index (κ3) is 3.92. The van der Waals surface area contributed by atoms with Gasteiger partial charge in [0, 0.05) is 18.7 Å². The van der Waals surface area contributed by atoms with Crippen molar-refractivity contribution in [2.45, 2.75) is 37.8 Å². The number of nitrogens with zero attached hydrogens (tertiary/aromatic N) is 3. The SMILES string of the molecule is CCc1noc(CN(C)[C@@H](C)c2ccc(S(C)(=O)=O)cc2)n1. The fraction of sp³-hybridized carbons (Fsp3) is 0.467. The molecule has 2 rings (SSSR count). The van der Waals surface area contributed by atoms with Crippen LogP contribution in [0.5, 0.6) is 0 Å². The third-order valence-electron chi connectivity index (χ3n) is 3.66. The Morgan fingerprint density at radius 2 is 1.91 bits per heavy atom. The van der Waals surface area contributed by atoms with Crippen molar-refractivity contribution < 1.29 is 12.9 Å². The molecule has 0 spiro atoms. The highest BCUT2D eigenvalue weighted by Crippen LogP contribution is 2.22. The van der Waals surface area contributed by atoms with Crippen LogP contribution in [0.15, 0.2) is 33.7 Å². The number of aromatic nitrogens is 2. The summed E-state index contributed by atoms with van der Waals surface area (Å²) in [7, 11) is -1.20. The molecule has 22 heavy (non-hydrogen) atoms. The van der Waals surface area contributed by atoms with Crippen molar-refractivity contribution >= 4 is 9.84 Å². The van der Waals surface area contributed by atoms with Gasteiger partial charge in [-0.05, 0) is 31.7 Å². The van der Waals surface area contributed by atoms with Crippen LogP contribution in [0.1, 0.15) is 37.2 Å². The zero-order valence-electron chi connectivity index (χ0n) is 13.3. The molecule has 1 heterocycles. The Kier molecular flexibility index (Phi) is 4.97. The molecule has 1 atom stereocenters. The van der Waals surface area contributed by atoms with Gasteiger partial charge in [-0.3, -0.25) is 4.90 Å². The maximum absolute atomic E-state index is 11.5. The molecule has 7 heteroatoms. The summed E-state index contributed by atoms with van der Waals surface area (Å²) in [5, 5.41) is 3.88. The quantitative estimate of drug-likeness (QED) is 0.811. The van der Waals surface area contributed by atoms with Crippen LogP contribution in [0, 0.1) is 0 Å². The molecule has 0 aliphatic heterocycles. The van der Waals surface area contributed by atoms with Crippen molar-refractivity contribution in [3.63, 3.8) is 0 Å². The summed E-state index contributed by atoms with van der Waals surface area (Å²) in [6.07, 6.45) is 1.95. The number of sulfone groups is 1. The van der Waals surface area contributed by atoms with E-state index in [4.69, 9.17) is 4.52 Å². The maximum Gasteiger partial charge on any atom is 0.240 e. The van der Waals surface area contributed by atoms with Gasteiger partial charge in [-0.15, -0.1) is 0 Å². The lowest BCUT2D eigenvalue weighted by molar-refractivity contribution is 0.216. The Hall–Kier alpha value is -1.73. The Bertz CT molecular complexity index is 723. The standard InChI is InChI=1S/C15H21N3O3S/c1-5-14-16-15(21-17-14)10-18(3)11(2)12-6-8-13(9-7-12)22(4,19)20/h6-9,11H,5,10H2,1-4H3/t11-/m0/s1. The first-order valence-corrected chi connectivity index (χ1v) is 9.02. The van der Waals surface area contributed by atoms with Crippen LogP contribution in [0.3, 0.4) is 0 Å². The lowest BCUT2D eigenvalue weighted by Gasteiger charge is -2.23. The van der Waals surface area contributed by atoms with Gasteiger partial charge in [0.05, 0.1) is 11.4 Å². The summed E-state index contributed by atoms with van der Waals surface area (Å²) in [5.41, 5.74) is 1.03. The van der Waals surface area contributed by atoms with E-state index in [-0.39, 0.29) is 6.04 Å². The van der Waals surface area contributed by atoms with E-state index in [9.17, 15) is 8.42 Å². The predicted molar refractivity (Wildman–Crippen MR) is 83.1 cm³/mol. The van der Waals surface area contributed by atoms with Gasteiger partial charge in [-0.2, -0.15) is 4.98 Å². The molecule has 0 saturated heterocycles. The average Bonchev–Trinajstić information content (AvgIpc) is 2.93. The van der Waals surface area contributed by atoms with Crippen molar-refractivity contribution in [2.75, 3.05) is 13.3 Å². The molecule has 0 unspecified atom stereocenters. The number of rotatable bonds is 6. The van der Waals surface area contributed by atoms with E-state index in [0.717, 1.165) is 12.0 Å². The minimum atomic E-state index is -3.16. The van der Waals surface area contributed by atoms with E-state index in [1.807, 2.05) is 33.0 Å². The molecule has 0 aliphatic rings. The Morgan fingerprint density at radius 3 is 2.41 bits per heavy atom. The first-order chi connectivity index (χ1) is 10.3. The molecule has 0 amide bonds. The summed E-state index contributed by atoms with van der Waals surface area (Å²) in [6, 6.07) is 7.05. The monoisotopic (exact) mass is 323 g/mol. The molecule has 6 nitrogen and oxygen atoms in total. The van der Waals surface area contributed by atoms with Gasteiger partial charge in [-0.25, -0.2) is 8.42 Å². The van der Waals surface area contributed by atoms with Gasteiger partial charge >= 0.3 is 0 Å². The van der Waals surface area contributed by atoms with Crippen LogP contribution in [0.2, 0.25) is 0 Å². The van der Waals surface area contributed by atoms with Crippen LogP contribution in [-0.2, 0) is 22.8 Å². The van der Waals surface area contributed by atoms with E-state index in [0.29, 0.717) is 23.2 Å². The summed E-state index contributed by atoms with van der Waals surface area (Å²) in [5.74, 6) is 1.28. The minimum absolute atomic E-state index is 0.102. The topological polar surface area (TPSA) is 76.3 Å². The maximum atomic E-state index is 11.5. The largest absolute Gasteiger partial charge is 0.338 e. The lowest BCUT2D eigenvalue weighted by Crippen LogP contribution is -2.22. The highest BCUT2D eigenvalue weighted by molar-refractivity contribution is 7.90. The normalized spacial score (nSPS) is 13.5. The molecule has 0 bridgehead atoms. The summed E-state index contributed by atoms with van der Waals surface area (Å²) in [4.78, 5) is 6.69. The van der Waals surface area contributed by atoms with Crippen LogP contribution in [0.4, 0.5) is 0 Å². The zero-order valence-corrected chi connectivity index (χ0v) is 14.1. The van der Waals surface area contributed by atoms with E-state index in [1.54, 1.807) is 12.1 Å². The summed E-state index contributed by atoms with van der Waals surface area (Å²) in [6.45, 7) is 4.57. The average molecular weight is 323 g/mol. The molecule has 0 N–H and O–H groups in total. The number of hydrogen-bond acceptors (Lipinski definition) is 6. The number of hydrogen-bond donors (Lipinski definition) is 0. The second-order valence-electron chi connectivity index (χ2n) is 5.39. The molecule has 2 aromatic rings. The first kappa shape index (κ1) is 16.6. The molecule has 1 aromatic carbocycles. The van der Waals surface area contributed by atoms with Gasteiger partial charge in [0.2, 0.25) is 5.89 Å². The van der Waals surface area contributed by atoms with Crippen LogP contribution in [0.25, 0.3) is 0 Å². The Labute approximate surface area is 131 Å². The van der Waals surface area contributed by atoms with Crippen molar-refractivity contribution in [1.29, 1.82) is 0 Å². The third-order valence-corrected chi connectivity index (χ3v) is 4.79. The fourth-order valence-corrected chi connectivity index (χ4v) is 2.73. The second kappa shape index (κ2) is 6.58. The van der Waals surface area contributed by atoms with Gasteiger partial charge in [0.1, 0.15) is 0 Å². The fourth-order valence-electron chi connectivity index (χ4n) is 2.10. The number of benzene rings is 1. The van der Waals surface area contributed by atoms with Crippen LogP contribution >= 0.6 is 0 Å². The minimum Gasteiger partial charge on any atom is -0.338 e. The molecule has 120 valence electrons. The van der Waals surface area contributed by atoms with E-state index in [1.165, 1.54) is 6.26 Å². The van der Waals surface area contributed by atoms with E-state index < -0.39 is 9.84 Å². The highest BCUT2D eigenvalue weighted by Gasteiger charge is 2.16. The molecular formula is C15H21N3O3S. The van der Waals surface area contributed by atoms with Gasteiger partial charge < -0.3 is 4.52 Å². The van der Waals surface area contributed by atoms with Crippen molar-refractivity contribution in [3.05, 3.63) is 41.5 Å². The molecule has 0 radical (unpaired) electrons. The van der Waals surface area contributed by atoms with E-state index in [2.05, 4.69) is 15.0 Å². The lowest BCUT2D eigenvalue weighted by atomic mass is 10.1. The number of aryl methyl sites for hydroxylation is 1. The predicted octanol–water partition coefficient (Wildman–Crippen LogP) is 2.23. The molecular weight excluding hydrogens is 302 g/mol. The Morgan fingerprint density at radius 1 is 1.27 bits per heavy atom. The van der Waals surface area contributed by atoms with Crippen LogP contribution < -0.4 is 0 Å². The summed E-state index contributed by atoms with van der Waals surface area (Å²) < 4.78 is 28.2. The summed E-state index contributed by atoms with van der Waals surface area (Å²) >= 11 is 0. The smallest absolute Gasteiger partial charge is 0.240 e. The molecule has 0 fully saturated rings. The first-order valence-electron chi connectivity index (χ1n) is 7.13. The van der Waals surface area contributed by atoms with Gasteiger partial charge in [0.25, 0.3) is 0 Å². The molecule has 0 saturated carbocycles. The molecule has 0 aliphatic carbocycles. The highest BCUT2D eigenvalue weighted by atomic mass is 32.2. The van der Waals surface area contributed by atoms with Gasteiger partial charge in [-0.1, -0.05) is 24.2 Å². The Balaban J connectivity index is 2.08. The van der Waals surface area contributed by atoms with Crippen molar-refractivity contribution in [1.82, 2.24) is 15.0 Å². The van der Waals surface area contributed by atoms with E-state index >= 15 is 0 Å². The van der Waals surface area contributed by atoms with Gasteiger partial charge in [0.15, 0.2) is 15.7 Å². The molecule has 1 aromatic heterocycles.